The molecule has 0 heterocycles. The van der Waals surface area contributed by atoms with Gasteiger partial charge in [-0.15, -0.1) is 0 Å². The number of aromatic hydroxyl groups is 1. The maximum Gasteiger partial charge on any atom is 0.271 e. The second kappa shape index (κ2) is 6.27. The largest absolute Gasteiger partial charge is 0.507 e. The third kappa shape index (κ3) is 3.18. The topological polar surface area (TPSA) is 61.7 Å². The van der Waals surface area contributed by atoms with E-state index in [2.05, 4.69) is 10.5 Å². The van der Waals surface area contributed by atoms with Crippen molar-refractivity contribution < 1.29 is 14.3 Å². The number of benzene rings is 3. The van der Waals surface area contributed by atoms with Crippen LogP contribution in [0.15, 0.2) is 65.8 Å². The number of amides is 1. The van der Waals surface area contributed by atoms with E-state index in [0.29, 0.717) is 10.9 Å². The Labute approximate surface area is 131 Å². The number of halogens is 1. The number of phenols is 1. The van der Waals surface area contributed by atoms with Crippen molar-refractivity contribution in [3.05, 3.63) is 77.6 Å². The Bertz CT molecular complexity index is 906. The summed E-state index contributed by atoms with van der Waals surface area (Å²) in [5, 5.41) is 15.6. The van der Waals surface area contributed by atoms with Gasteiger partial charge < -0.3 is 5.11 Å². The number of fused-ring (bicyclic) bond motifs is 1. The summed E-state index contributed by atoms with van der Waals surface area (Å²) in [6, 6.07) is 16.3. The Morgan fingerprint density at radius 1 is 1.09 bits per heavy atom. The lowest BCUT2D eigenvalue weighted by atomic mass is 10.1. The van der Waals surface area contributed by atoms with Crippen LogP contribution in [0.2, 0.25) is 0 Å². The number of nitrogens with zero attached hydrogens (tertiary/aromatic N) is 1. The first-order valence-corrected chi connectivity index (χ1v) is 6.95. The van der Waals surface area contributed by atoms with Crippen molar-refractivity contribution in [1.82, 2.24) is 5.43 Å². The molecule has 0 radical (unpaired) electrons. The molecule has 0 saturated heterocycles. The number of hydrogen-bond acceptors (Lipinski definition) is 3. The molecule has 114 valence electrons. The quantitative estimate of drug-likeness (QED) is 0.575. The smallest absolute Gasteiger partial charge is 0.271 e. The van der Waals surface area contributed by atoms with E-state index in [4.69, 9.17) is 0 Å². The fourth-order valence-corrected chi connectivity index (χ4v) is 2.23. The van der Waals surface area contributed by atoms with Crippen molar-refractivity contribution in [2.75, 3.05) is 0 Å². The van der Waals surface area contributed by atoms with Crippen LogP contribution in [0.1, 0.15) is 15.9 Å². The summed E-state index contributed by atoms with van der Waals surface area (Å²) in [6.07, 6.45) is 1.35. The van der Waals surface area contributed by atoms with Gasteiger partial charge in [-0.2, -0.15) is 5.10 Å². The van der Waals surface area contributed by atoms with E-state index in [1.54, 1.807) is 12.1 Å². The number of nitrogens with one attached hydrogen (secondary N) is 1. The predicted octanol–water partition coefficient (Wildman–Crippen LogP) is 3.45. The lowest BCUT2D eigenvalue weighted by Gasteiger charge is -2.04. The van der Waals surface area contributed by atoms with Crippen LogP contribution in [-0.4, -0.2) is 17.2 Å². The zero-order valence-corrected chi connectivity index (χ0v) is 12.0. The van der Waals surface area contributed by atoms with Crippen molar-refractivity contribution in [1.29, 1.82) is 0 Å². The molecular weight excluding hydrogens is 295 g/mol. The molecule has 0 aliphatic heterocycles. The first-order chi connectivity index (χ1) is 11.1. The molecule has 0 unspecified atom stereocenters. The molecule has 3 aromatic rings. The molecule has 0 saturated carbocycles. The Kier molecular flexibility index (Phi) is 4.01. The van der Waals surface area contributed by atoms with E-state index in [1.165, 1.54) is 24.4 Å². The van der Waals surface area contributed by atoms with Crippen LogP contribution in [0.3, 0.4) is 0 Å². The molecule has 4 nitrogen and oxygen atoms in total. The van der Waals surface area contributed by atoms with Crippen LogP contribution < -0.4 is 5.43 Å². The third-order valence-corrected chi connectivity index (χ3v) is 3.39. The maximum absolute atomic E-state index is 13.1. The minimum Gasteiger partial charge on any atom is -0.507 e. The summed E-state index contributed by atoms with van der Waals surface area (Å²) in [6.45, 7) is 0. The van der Waals surface area contributed by atoms with Crippen LogP contribution >= 0.6 is 0 Å². The number of rotatable bonds is 3. The van der Waals surface area contributed by atoms with E-state index >= 15 is 0 Å². The van der Waals surface area contributed by atoms with E-state index < -0.39 is 11.7 Å². The number of carbonyl (C=O) groups is 1. The highest BCUT2D eigenvalue weighted by atomic mass is 19.1. The van der Waals surface area contributed by atoms with Gasteiger partial charge in [-0.25, -0.2) is 9.82 Å². The van der Waals surface area contributed by atoms with Crippen LogP contribution in [0.25, 0.3) is 10.8 Å². The number of hydrogen-bond donors (Lipinski definition) is 2. The summed E-state index contributed by atoms with van der Waals surface area (Å²) >= 11 is 0. The van der Waals surface area contributed by atoms with Gasteiger partial charge >= 0.3 is 0 Å². The van der Waals surface area contributed by atoms with Crippen LogP contribution in [-0.2, 0) is 0 Å². The molecule has 23 heavy (non-hydrogen) atoms. The third-order valence-electron chi connectivity index (χ3n) is 3.39. The maximum atomic E-state index is 13.1. The minimum absolute atomic E-state index is 0.0897. The summed E-state index contributed by atoms with van der Waals surface area (Å²) in [5.74, 6) is -0.929. The van der Waals surface area contributed by atoms with Gasteiger partial charge in [0.25, 0.3) is 5.91 Å². The zero-order chi connectivity index (χ0) is 16.2. The Morgan fingerprint density at radius 3 is 2.74 bits per heavy atom. The van der Waals surface area contributed by atoms with E-state index in [-0.39, 0.29) is 11.3 Å². The van der Waals surface area contributed by atoms with Crippen molar-refractivity contribution in [3.63, 3.8) is 0 Å². The lowest BCUT2D eigenvalue weighted by Crippen LogP contribution is -2.17. The second-order valence-electron chi connectivity index (χ2n) is 4.93. The Hall–Kier alpha value is -3.21. The Balaban J connectivity index is 1.78. The highest BCUT2D eigenvalue weighted by Gasteiger charge is 2.06. The van der Waals surface area contributed by atoms with Gasteiger partial charge in [0.2, 0.25) is 0 Å². The highest BCUT2D eigenvalue weighted by molar-refractivity contribution is 5.98. The molecule has 3 rings (SSSR count). The lowest BCUT2D eigenvalue weighted by molar-refractivity contribution is 0.0954. The van der Waals surface area contributed by atoms with Crippen LogP contribution in [0.5, 0.6) is 5.75 Å². The Morgan fingerprint density at radius 2 is 1.91 bits per heavy atom. The van der Waals surface area contributed by atoms with Gasteiger partial charge in [-0.1, -0.05) is 36.4 Å². The molecule has 0 fully saturated rings. The van der Waals surface area contributed by atoms with Crippen molar-refractivity contribution in [2.24, 2.45) is 5.10 Å². The van der Waals surface area contributed by atoms with E-state index in [1.807, 2.05) is 24.3 Å². The van der Waals surface area contributed by atoms with Gasteiger partial charge in [0.05, 0.1) is 6.21 Å². The van der Waals surface area contributed by atoms with Crippen LogP contribution in [0.4, 0.5) is 4.39 Å². The van der Waals surface area contributed by atoms with Gasteiger partial charge in [0, 0.05) is 16.5 Å². The molecule has 0 aromatic heterocycles. The summed E-state index contributed by atoms with van der Waals surface area (Å²) < 4.78 is 13.1. The molecule has 3 aromatic carbocycles. The molecular formula is C18H13FN2O2. The average Bonchev–Trinajstić information content (AvgIpc) is 2.57. The summed E-state index contributed by atoms with van der Waals surface area (Å²) in [4.78, 5) is 11.8. The van der Waals surface area contributed by atoms with Crippen molar-refractivity contribution in [3.8, 4) is 5.75 Å². The second-order valence-corrected chi connectivity index (χ2v) is 4.93. The molecule has 2 N–H and O–H groups in total. The monoisotopic (exact) mass is 308 g/mol. The predicted molar refractivity (Wildman–Crippen MR) is 87.1 cm³/mol. The summed E-state index contributed by atoms with van der Waals surface area (Å²) in [5.41, 5.74) is 2.95. The SMILES string of the molecule is O=C(NN=Cc1ccc2ccccc2c1O)c1cccc(F)c1. The number of hydrazone groups is 1. The van der Waals surface area contributed by atoms with Gasteiger partial charge in [-0.05, 0) is 29.7 Å². The van der Waals surface area contributed by atoms with Crippen molar-refractivity contribution in [2.45, 2.75) is 0 Å². The molecule has 1 amide bonds. The van der Waals surface area contributed by atoms with Gasteiger partial charge in [-0.3, -0.25) is 4.79 Å². The van der Waals surface area contributed by atoms with Gasteiger partial charge in [0.15, 0.2) is 0 Å². The summed E-state index contributed by atoms with van der Waals surface area (Å²) in [7, 11) is 0. The highest BCUT2D eigenvalue weighted by Crippen LogP contribution is 2.27. The van der Waals surface area contributed by atoms with E-state index in [0.717, 1.165) is 11.5 Å². The first-order valence-electron chi connectivity index (χ1n) is 6.95. The molecule has 0 bridgehead atoms. The molecule has 0 atom stereocenters. The standard InChI is InChI=1S/C18H13FN2O2/c19-15-6-3-5-13(10-15)18(23)21-20-11-14-9-8-12-4-1-2-7-16(12)17(14)22/h1-11,22H,(H,21,23). The minimum atomic E-state index is -0.527. The number of phenolic OH excluding ortho intramolecular Hbond substituents is 1. The van der Waals surface area contributed by atoms with E-state index in [9.17, 15) is 14.3 Å². The fraction of sp³-hybridized carbons (Fsp3) is 0. The molecule has 0 aliphatic rings. The molecule has 0 aliphatic carbocycles. The first kappa shape index (κ1) is 14.7. The van der Waals surface area contributed by atoms with Crippen molar-refractivity contribution >= 4 is 22.9 Å². The average molecular weight is 308 g/mol. The molecule has 5 heteroatoms. The van der Waals surface area contributed by atoms with Gasteiger partial charge in [0.1, 0.15) is 11.6 Å². The normalized spacial score (nSPS) is 11.0. The number of carbonyl (C=O) groups excluding carboxylic acids is 1. The fourth-order valence-electron chi connectivity index (χ4n) is 2.23. The zero-order valence-electron chi connectivity index (χ0n) is 12.0. The molecule has 0 spiro atoms. The van der Waals surface area contributed by atoms with Crippen LogP contribution in [0, 0.1) is 5.82 Å².